The molecule has 10 nitrogen and oxygen atoms in total. The van der Waals surface area contributed by atoms with Crippen LogP contribution in [-0.4, -0.2) is 34.0 Å². The number of rotatable bonds is 7. The van der Waals surface area contributed by atoms with Crippen LogP contribution in [0.5, 0.6) is 0 Å². The summed E-state index contributed by atoms with van der Waals surface area (Å²) < 4.78 is 5.29. The number of carbonyl (C=O) groups excluding carboxylic acids is 2. The number of Topliss-reactive ketones (excluding diaryl/α,β-unsaturated/α-hetero) is 1. The van der Waals surface area contributed by atoms with Gasteiger partial charge in [0.2, 0.25) is 0 Å². The first-order chi connectivity index (χ1) is 12.8. The first-order valence-electron chi connectivity index (χ1n) is 8.27. The molecule has 1 aliphatic carbocycles. The summed E-state index contributed by atoms with van der Waals surface area (Å²) in [6, 6.07) is 5.43. The molecule has 0 saturated heterocycles. The van der Waals surface area contributed by atoms with Gasteiger partial charge in [-0.2, -0.15) is 0 Å². The van der Waals surface area contributed by atoms with Gasteiger partial charge in [0.15, 0.2) is 5.78 Å². The molecule has 2 unspecified atom stereocenters. The van der Waals surface area contributed by atoms with Crippen molar-refractivity contribution in [3.05, 3.63) is 55.6 Å². The van der Waals surface area contributed by atoms with Crippen LogP contribution in [0.15, 0.2) is 29.8 Å². The highest BCUT2D eigenvalue weighted by molar-refractivity contribution is 6.19. The highest BCUT2D eigenvalue weighted by Gasteiger charge is 2.32. The molecule has 0 N–H and O–H groups in total. The van der Waals surface area contributed by atoms with E-state index in [0.29, 0.717) is 25.7 Å². The van der Waals surface area contributed by atoms with E-state index in [0.717, 1.165) is 6.92 Å². The van der Waals surface area contributed by atoms with E-state index in [4.69, 9.17) is 4.74 Å². The van der Waals surface area contributed by atoms with E-state index in [1.807, 2.05) is 0 Å². The second-order valence-electron chi connectivity index (χ2n) is 6.06. The third-order valence-electron chi connectivity index (χ3n) is 4.11. The Kier molecular flexibility index (Phi) is 6.58. The molecule has 0 radical (unpaired) electrons. The van der Waals surface area contributed by atoms with Crippen molar-refractivity contribution in [1.82, 2.24) is 0 Å². The van der Waals surface area contributed by atoms with E-state index in [1.165, 1.54) is 30.3 Å². The molecule has 0 bridgehead atoms. The third-order valence-corrected chi connectivity index (χ3v) is 4.11. The molecule has 0 aromatic heterocycles. The lowest BCUT2D eigenvalue weighted by Crippen LogP contribution is -2.38. The lowest BCUT2D eigenvalue weighted by Gasteiger charge is -2.29. The molecule has 144 valence electrons. The summed E-state index contributed by atoms with van der Waals surface area (Å²) in [5, 5.41) is 20.5. The minimum atomic E-state index is -0.946. The van der Waals surface area contributed by atoms with Gasteiger partial charge in [0.05, 0.1) is 4.92 Å². The minimum absolute atomic E-state index is 0.188. The zero-order valence-electron chi connectivity index (χ0n) is 14.5. The smallest absolute Gasteiger partial charge is 0.342 e. The fourth-order valence-corrected chi connectivity index (χ4v) is 2.83. The number of hydrogen-bond acceptors (Lipinski definition) is 8. The topological polar surface area (TPSA) is 139 Å². The number of carbonyl (C=O) groups is 2. The maximum atomic E-state index is 12.4. The third kappa shape index (κ3) is 5.59. The fourth-order valence-electron chi connectivity index (χ4n) is 2.83. The Balaban J connectivity index is 2.21. The molecule has 2 rings (SSSR count). The molecule has 2 atom stereocenters. The fraction of sp³-hybridized carbons (Fsp3) is 0.412. The lowest BCUT2D eigenvalue weighted by molar-refractivity contribution is -0.771. The SMILES string of the molecule is CC(=O)/C(=C\c1cccc([N+](=O)[O-])c1)C(=O)OC1CCCCC1O[N+](=O)[O-]. The number of nitro benzene ring substituents is 1. The summed E-state index contributed by atoms with van der Waals surface area (Å²) in [4.78, 5) is 49.7. The van der Waals surface area contributed by atoms with E-state index < -0.39 is 34.0 Å². The van der Waals surface area contributed by atoms with Gasteiger partial charge in [-0.3, -0.25) is 14.9 Å². The first kappa shape index (κ1) is 20.0. The first-order valence-corrected chi connectivity index (χ1v) is 8.27. The number of hydrogen-bond donors (Lipinski definition) is 0. The van der Waals surface area contributed by atoms with Crippen LogP contribution in [-0.2, 0) is 19.2 Å². The number of nitro groups is 1. The summed E-state index contributed by atoms with van der Waals surface area (Å²) in [7, 11) is 0. The Morgan fingerprint density at radius 2 is 1.81 bits per heavy atom. The maximum Gasteiger partial charge on any atom is 0.342 e. The van der Waals surface area contributed by atoms with Gasteiger partial charge in [-0.15, -0.1) is 10.1 Å². The maximum absolute atomic E-state index is 12.4. The van der Waals surface area contributed by atoms with E-state index in [2.05, 4.69) is 4.84 Å². The summed E-state index contributed by atoms with van der Waals surface area (Å²) in [6.45, 7) is 1.16. The molecule has 1 aromatic carbocycles. The van der Waals surface area contributed by atoms with E-state index >= 15 is 0 Å². The van der Waals surface area contributed by atoms with Gasteiger partial charge in [0.25, 0.3) is 10.8 Å². The zero-order valence-corrected chi connectivity index (χ0v) is 14.5. The van der Waals surface area contributed by atoms with E-state index in [1.54, 1.807) is 0 Å². The number of esters is 1. The van der Waals surface area contributed by atoms with Gasteiger partial charge in [-0.1, -0.05) is 18.6 Å². The Bertz CT molecular complexity index is 789. The minimum Gasteiger partial charge on any atom is -0.456 e. The van der Waals surface area contributed by atoms with Crippen LogP contribution in [0.2, 0.25) is 0 Å². The average molecular weight is 378 g/mol. The summed E-state index contributed by atoms with van der Waals surface area (Å²) in [5.74, 6) is -1.54. The predicted molar refractivity (Wildman–Crippen MR) is 92.0 cm³/mol. The van der Waals surface area contributed by atoms with Gasteiger partial charge >= 0.3 is 5.97 Å². The highest BCUT2D eigenvalue weighted by atomic mass is 17.0. The Morgan fingerprint density at radius 3 is 2.41 bits per heavy atom. The standard InChI is InChI=1S/C17H18N2O8/c1-11(20)14(10-12-5-4-6-13(9-12)18(22)23)17(21)26-15-7-2-3-8-16(15)27-19(24)25/h4-6,9-10,15-16H,2-3,7-8H2,1H3/b14-10+. The van der Waals surface area contributed by atoms with Crippen molar-refractivity contribution in [2.24, 2.45) is 0 Å². The Morgan fingerprint density at radius 1 is 1.15 bits per heavy atom. The molecule has 1 fully saturated rings. The summed E-state index contributed by atoms with van der Waals surface area (Å²) in [6.07, 6.45) is 1.63. The largest absolute Gasteiger partial charge is 0.456 e. The molecule has 0 aliphatic heterocycles. The van der Waals surface area contributed by atoms with Crippen LogP contribution < -0.4 is 0 Å². The molecular formula is C17H18N2O8. The highest BCUT2D eigenvalue weighted by Crippen LogP contribution is 2.25. The van der Waals surface area contributed by atoms with Crippen molar-refractivity contribution in [2.75, 3.05) is 0 Å². The van der Waals surface area contributed by atoms with Crippen LogP contribution in [0.4, 0.5) is 5.69 Å². The quantitative estimate of drug-likeness (QED) is 0.176. The number of nitrogens with zero attached hydrogens (tertiary/aromatic N) is 2. The van der Waals surface area contributed by atoms with Crippen LogP contribution in [0.1, 0.15) is 38.2 Å². The van der Waals surface area contributed by atoms with Crippen LogP contribution in [0.25, 0.3) is 6.08 Å². The normalized spacial score (nSPS) is 19.8. The molecule has 10 heteroatoms. The average Bonchev–Trinajstić information content (AvgIpc) is 2.60. The molecule has 0 amide bonds. The van der Waals surface area contributed by atoms with Crippen molar-refractivity contribution in [3.8, 4) is 0 Å². The van der Waals surface area contributed by atoms with Gasteiger partial charge in [0, 0.05) is 12.1 Å². The number of ketones is 1. The zero-order chi connectivity index (χ0) is 20.0. The summed E-state index contributed by atoms with van der Waals surface area (Å²) in [5.41, 5.74) is -0.208. The molecule has 0 heterocycles. The van der Waals surface area contributed by atoms with E-state index in [-0.39, 0.29) is 16.8 Å². The van der Waals surface area contributed by atoms with Crippen molar-refractivity contribution >= 4 is 23.5 Å². The molecule has 1 aliphatic rings. The van der Waals surface area contributed by atoms with Gasteiger partial charge in [-0.05, 0) is 37.8 Å². The Labute approximate surface area is 154 Å². The lowest BCUT2D eigenvalue weighted by atomic mass is 9.94. The van der Waals surface area contributed by atoms with Gasteiger partial charge in [-0.25, -0.2) is 4.79 Å². The second kappa shape index (κ2) is 8.88. The molecule has 1 saturated carbocycles. The predicted octanol–water partition coefficient (Wildman–Crippen LogP) is 2.63. The van der Waals surface area contributed by atoms with Crippen molar-refractivity contribution < 1.29 is 29.2 Å². The van der Waals surface area contributed by atoms with Crippen LogP contribution >= 0.6 is 0 Å². The molecule has 0 spiro atoms. The van der Waals surface area contributed by atoms with Gasteiger partial charge in [0.1, 0.15) is 17.8 Å². The monoisotopic (exact) mass is 378 g/mol. The number of ether oxygens (including phenoxy) is 1. The molecule has 1 aromatic rings. The Hall–Kier alpha value is -3.30. The van der Waals surface area contributed by atoms with E-state index in [9.17, 15) is 29.8 Å². The second-order valence-corrected chi connectivity index (χ2v) is 6.06. The van der Waals surface area contributed by atoms with Crippen molar-refractivity contribution in [2.45, 2.75) is 44.8 Å². The number of non-ortho nitro benzene ring substituents is 1. The van der Waals surface area contributed by atoms with Crippen molar-refractivity contribution in [3.63, 3.8) is 0 Å². The summed E-state index contributed by atoms with van der Waals surface area (Å²) >= 11 is 0. The van der Waals surface area contributed by atoms with Crippen LogP contribution in [0.3, 0.4) is 0 Å². The van der Waals surface area contributed by atoms with Gasteiger partial charge < -0.3 is 9.57 Å². The van der Waals surface area contributed by atoms with Crippen molar-refractivity contribution in [1.29, 1.82) is 0 Å². The van der Waals surface area contributed by atoms with Crippen LogP contribution in [0, 0.1) is 20.2 Å². The molecule has 27 heavy (non-hydrogen) atoms. The molecular weight excluding hydrogens is 360 g/mol. The number of benzene rings is 1.